The molecule has 0 fully saturated rings. The van der Waals surface area contributed by atoms with Gasteiger partial charge in [-0.2, -0.15) is 0 Å². The molecule has 106 valence electrons. The number of hydrogen-bond donors (Lipinski definition) is 0. The van der Waals surface area contributed by atoms with Crippen molar-refractivity contribution >= 4 is 22.6 Å². The highest BCUT2D eigenvalue weighted by Gasteiger charge is 2.14. The number of fused-ring (bicyclic) bond motifs is 1. The van der Waals surface area contributed by atoms with Gasteiger partial charge in [0.1, 0.15) is 5.82 Å². The maximum atomic E-state index is 13.8. The third kappa shape index (κ3) is 2.25. The fourth-order valence-electron chi connectivity index (χ4n) is 1.88. The molecule has 0 aromatic carbocycles. The second-order valence-electron chi connectivity index (χ2n) is 4.14. The molecular weight excluding hydrogens is 307 g/mol. The molecule has 0 aliphatic heterocycles. The van der Waals surface area contributed by atoms with Crippen LogP contribution in [0.2, 0.25) is 5.15 Å². The summed E-state index contributed by atoms with van der Waals surface area (Å²) in [5.74, 6) is -2.95. The van der Waals surface area contributed by atoms with E-state index in [1.165, 1.54) is 6.20 Å². The van der Waals surface area contributed by atoms with Crippen LogP contribution < -0.4 is 5.43 Å². The van der Waals surface area contributed by atoms with Gasteiger partial charge in [0.25, 0.3) is 0 Å². The molecule has 0 N–H and O–H groups in total. The summed E-state index contributed by atoms with van der Waals surface area (Å²) >= 11 is 5.59. The highest BCUT2D eigenvalue weighted by atomic mass is 35.5. The van der Waals surface area contributed by atoms with E-state index in [-0.39, 0.29) is 16.9 Å². The Hall–Kier alpha value is -2.41. The van der Waals surface area contributed by atoms with E-state index in [1.54, 1.807) is 0 Å². The van der Waals surface area contributed by atoms with E-state index < -0.39 is 28.0 Å². The number of hydrogen-bond acceptors (Lipinski definition) is 3. The molecule has 4 nitrogen and oxygen atoms in total. The Kier molecular flexibility index (Phi) is 3.13. The number of pyridine rings is 3. The van der Waals surface area contributed by atoms with Crippen LogP contribution in [-0.4, -0.2) is 14.5 Å². The van der Waals surface area contributed by atoms with Crippen LogP contribution in [0, 0.1) is 17.5 Å². The van der Waals surface area contributed by atoms with Crippen LogP contribution in [0.15, 0.2) is 35.4 Å². The molecule has 0 unspecified atom stereocenters. The minimum Gasteiger partial charge on any atom is -0.289 e. The van der Waals surface area contributed by atoms with Gasteiger partial charge in [0.05, 0.1) is 11.6 Å². The maximum absolute atomic E-state index is 13.8. The summed E-state index contributed by atoms with van der Waals surface area (Å²) in [6.07, 6.45) is 2.02. The van der Waals surface area contributed by atoms with Crippen LogP contribution in [-0.2, 0) is 0 Å². The lowest BCUT2D eigenvalue weighted by Crippen LogP contribution is -2.11. The first-order valence-corrected chi connectivity index (χ1v) is 6.04. The van der Waals surface area contributed by atoms with E-state index in [0.717, 1.165) is 22.9 Å². The normalized spacial score (nSPS) is 11.0. The predicted octanol–water partition coefficient (Wildman–Crippen LogP) is 2.85. The molecular formula is C13H5ClF3N3O. The minimum atomic E-state index is -0.956. The fraction of sp³-hybridized carbons (Fsp3) is 0. The smallest absolute Gasteiger partial charge is 0.191 e. The van der Waals surface area contributed by atoms with E-state index in [0.29, 0.717) is 6.07 Å². The number of halogens is 4. The van der Waals surface area contributed by atoms with E-state index in [2.05, 4.69) is 9.97 Å². The quantitative estimate of drug-likeness (QED) is 0.649. The molecule has 0 spiro atoms. The van der Waals surface area contributed by atoms with Gasteiger partial charge in [-0.1, -0.05) is 11.6 Å². The Bertz CT molecular complexity index is 926. The first kappa shape index (κ1) is 13.6. The predicted molar refractivity (Wildman–Crippen MR) is 70.0 cm³/mol. The second-order valence-corrected chi connectivity index (χ2v) is 4.50. The maximum Gasteiger partial charge on any atom is 0.191 e. The monoisotopic (exact) mass is 311 g/mol. The van der Waals surface area contributed by atoms with Crippen molar-refractivity contribution in [3.05, 3.63) is 63.4 Å². The molecule has 0 atom stereocenters. The third-order valence-corrected chi connectivity index (χ3v) is 3.06. The van der Waals surface area contributed by atoms with E-state index >= 15 is 0 Å². The average molecular weight is 312 g/mol. The van der Waals surface area contributed by atoms with Gasteiger partial charge >= 0.3 is 0 Å². The molecule has 0 aliphatic rings. The first-order valence-electron chi connectivity index (χ1n) is 5.66. The molecule has 0 bridgehead atoms. The number of aromatic nitrogens is 3. The van der Waals surface area contributed by atoms with Crippen LogP contribution >= 0.6 is 11.6 Å². The molecule has 0 radical (unpaired) electrons. The van der Waals surface area contributed by atoms with Crippen LogP contribution in [0.25, 0.3) is 16.9 Å². The molecule has 0 saturated heterocycles. The lowest BCUT2D eigenvalue weighted by atomic mass is 10.2. The number of rotatable bonds is 1. The molecule has 0 amide bonds. The van der Waals surface area contributed by atoms with E-state index in [4.69, 9.17) is 11.6 Å². The Balaban J connectivity index is 2.41. The Labute approximate surface area is 120 Å². The third-order valence-electron chi connectivity index (χ3n) is 2.80. The van der Waals surface area contributed by atoms with Crippen molar-refractivity contribution < 1.29 is 13.2 Å². The zero-order chi connectivity index (χ0) is 15.1. The van der Waals surface area contributed by atoms with Gasteiger partial charge in [-0.05, 0) is 6.07 Å². The molecule has 3 aromatic heterocycles. The van der Waals surface area contributed by atoms with Crippen molar-refractivity contribution in [2.75, 3.05) is 0 Å². The standard InChI is InChI=1S/C13H5ClF3N3O/c14-11-8(16)4-7-10(21)1-2-20(12(7)19-11)13-9(17)3-6(15)5-18-13/h1-5H. The van der Waals surface area contributed by atoms with Crippen molar-refractivity contribution in [2.24, 2.45) is 0 Å². The van der Waals surface area contributed by atoms with Gasteiger partial charge in [-0.3, -0.25) is 9.36 Å². The van der Waals surface area contributed by atoms with E-state index in [1.807, 2.05) is 0 Å². The van der Waals surface area contributed by atoms with Crippen LogP contribution in [0.1, 0.15) is 0 Å². The molecule has 8 heteroatoms. The van der Waals surface area contributed by atoms with Crippen molar-refractivity contribution in [3.8, 4) is 5.82 Å². The van der Waals surface area contributed by atoms with Gasteiger partial charge in [0.2, 0.25) is 0 Å². The zero-order valence-electron chi connectivity index (χ0n) is 10.1. The van der Waals surface area contributed by atoms with Crippen LogP contribution in [0.5, 0.6) is 0 Å². The largest absolute Gasteiger partial charge is 0.289 e. The van der Waals surface area contributed by atoms with Gasteiger partial charge in [0.15, 0.2) is 33.7 Å². The van der Waals surface area contributed by atoms with Crippen molar-refractivity contribution in [3.63, 3.8) is 0 Å². The molecule has 3 heterocycles. The lowest BCUT2D eigenvalue weighted by molar-refractivity contribution is 0.566. The van der Waals surface area contributed by atoms with Crippen molar-refractivity contribution in [1.29, 1.82) is 0 Å². The molecule has 0 saturated carbocycles. The summed E-state index contributed by atoms with van der Waals surface area (Å²) in [5.41, 5.74) is -0.584. The molecule has 3 aromatic rings. The number of nitrogens with zero attached hydrogens (tertiary/aromatic N) is 3. The van der Waals surface area contributed by atoms with Crippen molar-refractivity contribution in [2.45, 2.75) is 0 Å². The van der Waals surface area contributed by atoms with Gasteiger partial charge < -0.3 is 0 Å². The lowest BCUT2D eigenvalue weighted by Gasteiger charge is -2.10. The topological polar surface area (TPSA) is 47.8 Å². The van der Waals surface area contributed by atoms with Gasteiger partial charge in [-0.15, -0.1) is 0 Å². The summed E-state index contributed by atoms with van der Waals surface area (Å²) < 4.78 is 41.2. The van der Waals surface area contributed by atoms with Crippen LogP contribution in [0.3, 0.4) is 0 Å². The first-order chi connectivity index (χ1) is 9.97. The Morgan fingerprint density at radius 1 is 1.14 bits per heavy atom. The Morgan fingerprint density at radius 3 is 2.62 bits per heavy atom. The molecule has 3 rings (SSSR count). The summed E-state index contributed by atoms with van der Waals surface area (Å²) in [5, 5.41) is -0.561. The minimum absolute atomic E-state index is 0.0769. The highest BCUT2D eigenvalue weighted by Crippen LogP contribution is 2.20. The SMILES string of the molecule is O=c1ccn(-c2ncc(F)cc2F)c2nc(Cl)c(F)cc12. The summed E-state index contributed by atoms with van der Waals surface area (Å²) in [7, 11) is 0. The fourth-order valence-corrected chi connectivity index (χ4v) is 2.02. The average Bonchev–Trinajstić information content (AvgIpc) is 2.43. The van der Waals surface area contributed by atoms with E-state index in [9.17, 15) is 18.0 Å². The second kappa shape index (κ2) is 4.85. The zero-order valence-corrected chi connectivity index (χ0v) is 10.9. The summed E-state index contributed by atoms with van der Waals surface area (Å²) in [6, 6.07) is 2.64. The van der Waals surface area contributed by atoms with Gasteiger partial charge in [-0.25, -0.2) is 23.1 Å². The van der Waals surface area contributed by atoms with Crippen molar-refractivity contribution in [1.82, 2.24) is 14.5 Å². The highest BCUT2D eigenvalue weighted by molar-refractivity contribution is 6.29. The summed E-state index contributed by atoms with van der Waals surface area (Å²) in [4.78, 5) is 19.1. The van der Waals surface area contributed by atoms with Gasteiger partial charge in [0, 0.05) is 18.3 Å². The molecule has 21 heavy (non-hydrogen) atoms. The molecule has 0 aliphatic carbocycles. The van der Waals surface area contributed by atoms with Crippen LogP contribution in [0.4, 0.5) is 13.2 Å². The Morgan fingerprint density at radius 2 is 1.90 bits per heavy atom. The summed E-state index contributed by atoms with van der Waals surface area (Å²) in [6.45, 7) is 0.